The lowest BCUT2D eigenvalue weighted by Crippen LogP contribution is -2.25. The van der Waals surface area contributed by atoms with Crippen molar-refractivity contribution in [2.24, 2.45) is 11.7 Å². The van der Waals surface area contributed by atoms with Gasteiger partial charge in [-0.05, 0) is 30.5 Å². The molecule has 5 nitrogen and oxygen atoms in total. The molecule has 1 atom stereocenters. The fraction of sp³-hybridized carbons (Fsp3) is 0.833. The quantitative estimate of drug-likeness (QED) is 0.862. The Labute approximate surface area is 102 Å². The molecule has 0 radical (unpaired) electrons. The highest BCUT2D eigenvalue weighted by Gasteiger charge is 2.16. The summed E-state index contributed by atoms with van der Waals surface area (Å²) in [6, 6.07) is 0. The van der Waals surface area contributed by atoms with E-state index in [1.54, 1.807) is 0 Å². The Kier molecular flexibility index (Phi) is 4.36. The van der Waals surface area contributed by atoms with Crippen LogP contribution in [0.5, 0.6) is 0 Å². The van der Waals surface area contributed by atoms with Gasteiger partial charge >= 0.3 is 0 Å². The van der Waals surface area contributed by atoms with E-state index in [4.69, 9.17) is 10.3 Å². The predicted molar refractivity (Wildman–Crippen MR) is 66.9 cm³/mol. The van der Waals surface area contributed by atoms with Crippen molar-refractivity contribution in [2.45, 2.75) is 39.0 Å². The molecule has 17 heavy (non-hydrogen) atoms. The summed E-state index contributed by atoms with van der Waals surface area (Å²) in [5.41, 5.74) is 5.59. The van der Waals surface area contributed by atoms with Crippen LogP contribution in [0.15, 0.2) is 4.52 Å². The Morgan fingerprint density at radius 2 is 2.00 bits per heavy atom. The fourth-order valence-corrected chi connectivity index (χ4v) is 2.11. The molecule has 1 aromatic heterocycles. The minimum atomic E-state index is 0.396. The van der Waals surface area contributed by atoms with Gasteiger partial charge in [-0.3, -0.25) is 0 Å². The van der Waals surface area contributed by atoms with Gasteiger partial charge in [0.2, 0.25) is 5.89 Å². The minimum absolute atomic E-state index is 0.396. The van der Waals surface area contributed by atoms with Crippen LogP contribution in [0.25, 0.3) is 0 Å². The molecule has 0 amide bonds. The average molecular weight is 238 g/mol. The summed E-state index contributed by atoms with van der Waals surface area (Å²) in [5, 5.41) is 4.07. The third-order valence-electron chi connectivity index (χ3n) is 3.27. The normalized spacial score (nSPS) is 19.1. The van der Waals surface area contributed by atoms with Gasteiger partial charge < -0.3 is 15.2 Å². The molecule has 1 unspecified atom stereocenters. The van der Waals surface area contributed by atoms with Crippen LogP contribution >= 0.6 is 0 Å². The Morgan fingerprint density at radius 3 is 2.65 bits per heavy atom. The van der Waals surface area contributed by atoms with Gasteiger partial charge in [0.05, 0.1) is 0 Å². The molecule has 0 saturated carbocycles. The van der Waals surface area contributed by atoms with Gasteiger partial charge in [0, 0.05) is 19.5 Å². The maximum Gasteiger partial charge on any atom is 0.266 e. The molecule has 1 aliphatic rings. The van der Waals surface area contributed by atoms with Crippen LogP contribution in [0.2, 0.25) is 0 Å². The highest BCUT2D eigenvalue weighted by molar-refractivity contribution is 5.27. The first-order chi connectivity index (χ1) is 8.29. The highest BCUT2D eigenvalue weighted by Crippen LogP contribution is 2.17. The van der Waals surface area contributed by atoms with E-state index in [2.05, 4.69) is 22.0 Å². The first-order valence-corrected chi connectivity index (χ1v) is 6.57. The summed E-state index contributed by atoms with van der Waals surface area (Å²) in [7, 11) is 0. The first kappa shape index (κ1) is 12.4. The summed E-state index contributed by atoms with van der Waals surface area (Å²) in [4.78, 5) is 6.69. The maximum atomic E-state index is 5.59. The van der Waals surface area contributed by atoms with Crippen LogP contribution < -0.4 is 10.6 Å². The molecule has 5 heteroatoms. The van der Waals surface area contributed by atoms with E-state index >= 15 is 0 Å². The van der Waals surface area contributed by atoms with Crippen molar-refractivity contribution < 1.29 is 4.52 Å². The van der Waals surface area contributed by atoms with E-state index in [-0.39, 0.29) is 0 Å². The molecule has 96 valence electrons. The third kappa shape index (κ3) is 3.43. The predicted octanol–water partition coefficient (Wildman–Crippen LogP) is 1.59. The van der Waals surface area contributed by atoms with Gasteiger partial charge in [0.15, 0.2) is 0 Å². The van der Waals surface area contributed by atoms with Crippen LogP contribution in [0.1, 0.15) is 38.5 Å². The SMILES string of the molecule is CC(CN)Cc1nc(N2CCCCCC2)no1. The first-order valence-electron chi connectivity index (χ1n) is 6.57. The zero-order valence-corrected chi connectivity index (χ0v) is 10.6. The molecular weight excluding hydrogens is 216 g/mol. The second-order valence-corrected chi connectivity index (χ2v) is 4.93. The molecule has 2 N–H and O–H groups in total. The molecule has 2 heterocycles. The van der Waals surface area contributed by atoms with Gasteiger partial charge in [0.25, 0.3) is 5.95 Å². The number of rotatable bonds is 4. The van der Waals surface area contributed by atoms with Crippen molar-refractivity contribution in [1.82, 2.24) is 10.1 Å². The van der Waals surface area contributed by atoms with Crippen LogP contribution in [0.4, 0.5) is 5.95 Å². The Balaban J connectivity index is 1.96. The van der Waals surface area contributed by atoms with E-state index in [9.17, 15) is 0 Å². The van der Waals surface area contributed by atoms with Crippen molar-refractivity contribution >= 4 is 5.95 Å². The largest absolute Gasteiger partial charge is 0.338 e. The number of hydrogen-bond donors (Lipinski definition) is 1. The molecule has 0 aliphatic carbocycles. The summed E-state index contributed by atoms with van der Waals surface area (Å²) in [5.74, 6) is 1.86. The van der Waals surface area contributed by atoms with E-state index in [1.807, 2.05) is 0 Å². The third-order valence-corrected chi connectivity index (χ3v) is 3.27. The van der Waals surface area contributed by atoms with E-state index in [1.165, 1.54) is 25.7 Å². The number of hydrogen-bond acceptors (Lipinski definition) is 5. The second-order valence-electron chi connectivity index (χ2n) is 4.93. The summed E-state index contributed by atoms with van der Waals surface area (Å²) >= 11 is 0. The van der Waals surface area contributed by atoms with Gasteiger partial charge in [-0.25, -0.2) is 0 Å². The zero-order chi connectivity index (χ0) is 12.1. The maximum absolute atomic E-state index is 5.59. The smallest absolute Gasteiger partial charge is 0.266 e. The van der Waals surface area contributed by atoms with E-state index in [0.29, 0.717) is 18.4 Å². The zero-order valence-electron chi connectivity index (χ0n) is 10.6. The molecule has 2 rings (SSSR count). The van der Waals surface area contributed by atoms with Gasteiger partial charge in [-0.2, -0.15) is 4.98 Å². The highest BCUT2D eigenvalue weighted by atomic mass is 16.5. The topological polar surface area (TPSA) is 68.2 Å². The van der Waals surface area contributed by atoms with Crippen molar-refractivity contribution in [2.75, 3.05) is 24.5 Å². The Bertz CT molecular complexity index is 331. The van der Waals surface area contributed by atoms with Crippen LogP contribution in [-0.2, 0) is 6.42 Å². The minimum Gasteiger partial charge on any atom is -0.338 e. The van der Waals surface area contributed by atoms with Gasteiger partial charge in [-0.1, -0.05) is 19.8 Å². The molecule has 0 bridgehead atoms. The molecule has 1 aromatic rings. The van der Waals surface area contributed by atoms with Crippen LogP contribution in [0.3, 0.4) is 0 Å². The van der Waals surface area contributed by atoms with Gasteiger partial charge in [0.1, 0.15) is 0 Å². The lowest BCUT2D eigenvalue weighted by Gasteiger charge is -2.16. The van der Waals surface area contributed by atoms with Crippen molar-refractivity contribution in [1.29, 1.82) is 0 Å². The molecule has 1 aliphatic heterocycles. The van der Waals surface area contributed by atoms with E-state index < -0.39 is 0 Å². The van der Waals surface area contributed by atoms with Crippen molar-refractivity contribution in [3.05, 3.63) is 5.89 Å². The molecular formula is C12H22N4O. The lowest BCUT2D eigenvalue weighted by molar-refractivity contribution is 0.358. The molecule has 0 spiro atoms. The number of aromatic nitrogens is 2. The lowest BCUT2D eigenvalue weighted by atomic mass is 10.1. The summed E-state index contributed by atoms with van der Waals surface area (Å²) < 4.78 is 5.27. The van der Waals surface area contributed by atoms with Crippen LogP contribution in [-0.4, -0.2) is 29.8 Å². The second kappa shape index (κ2) is 6.00. The monoisotopic (exact) mass is 238 g/mol. The molecule has 1 fully saturated rings. The van der Waals surface area contributed by atoms with Gasteiger partial charge in [-0.15, -0.1) is 0 Å². The number of nitrogens with zero attached hydrogens (tertiary/aromatic N) is 3. The Hall–Kier alpha value is -1.10. The van der Waals surface area contributed by atoms with E-state index in [0.717, 1.165) is 25.5 Å². The molecule has 1 saturated heterocycles. The van der Waals surface area contributed by atoms with Crippen molar-refractivity contribution in [3.8, 4) is 0 Å². The number of anilines is 1. The fourth-order valence-electron chi connectivity index (χ4n) is 2.11. The molecule has 0 aromatic carbocycles. The summed E-state index contributed by atoms with van der Waals surface area (Å²) in [6.07, 6.45) is 5.85. The average Bonchev–Trinajstić information content (AvgIpc) is 2.63. The standard InChI is InChI=1S/C12H22N4O/c1-10(9-13)8-11-14-12(15-17-11)16-6-4-2-3-5-7-16/h10H,2-9,13H2,1H3. The van der Waals surface area contributed by atoms with Crippen molar-refractivity contribution in [3.63, 3.8) is 0 Å². The Morgan fingerprint density at radius 1 is 1.29 bits per heavy atom. The summed E-state index contributed by atoms with van der Waals surface area (Å²) in [6.45, 7) is 4.84. The number of nitrogens with two attached hydrogens (primary N) is 1. The van der Waals surface area contributed by atoms with Crippen LogP contribution in [0, 0.1) is 5.92 Å².